The van der Waals surface area contributed by atoms with Crippen LogP contribution in [0.4, 0.5) is 0 Å². The van der Waals surface area contributed by atoms with Crippen molar-refractivity contribution in [2.75, 3.05) is 39.5 Å². The van der Waals surface area contributed by atoms with Gasteiger partial charge >= 0.3 is 0 Å². The van der Waals surface area contributed by atoms with Crippen molar-refractivity contribution in [1.82, 2.24) is 15.5 Å². The molecule has 1 aromatic carbocycles. The van der Waals surface area contributed by atoms with Gasteiger partial charge in [0.1, 0.15) is 5.75 Å². The molecule has 0 aromatic heterocycles. The number of carbonyl (C=O) groups excluding carboxylic acids is 1. The fraction of sp³-hybridized carbons (Fsp3) is 0.650. The maximum Gasteiger partial charge on any atom is 0.237 e. The van der Waals surface area contributed by atoms with E-state index in [0.717, 1.165) is 51.3 Å². The highest BCUT2D eigenvalue weighted by molar-refractivity contribution is 7.98. The number of nitrogens with zero attached hydrogens (tertiary/aromatic N) is 1. The highest BCUT2D eigenvalue weighted by Crippen LogP contribution is 2.29. The Hall–Kier alpha value is -1.24. The lowest BCUT2D eigenvalue weighted by atomic mass is 9.97. The largest absolute Gasteiger partial charge is 0.496 e. The van der Waals surface area contributed by atoms with E-state index < -0.39 is 0 Å². The van der Waals surface area contributed by atoms with Gasteiger partial charge in [0.2, 0.25) is 5.91 Å². The summed E-state index contributed by atoms with van der Waals surface area (Å²) in [4.78, 5) is 15.9. The summed E-state index contributed by atoms with van der Waals surface area (Å²) in [5.41, 5.74) is 1.29. The van der Waals surface area contributed by atoms with Gasteiger partial charge in [0.15, 0.2) is 0 Å². The Kier molecular flexibility index (Phi) is 7.23. The van der Waals surface area contributed by atoms with Gasteiger partial charge in [-0.2, -0.15) is 0 Å². The third-order valence-corrected chi connectivity index (χ3v) is 6.18. The van der Waals surface area contributed by atoms with Gasteiger partial charge in [-0.15, -0.1) is 11.8 Å². The summed E-state index contributed by atoms with van der Waals surface area (Å²) < 4.78 is 5.51. The van der Waals surface area contributed by atoms with Crippen LogP contribution in [0.15, 0.2) is 23.1 Å². The van der Waals surface area contributed by atoms with Crippen LogP contribution in [0.25, 0.3) is 0 Å². The van der Waals surface area contributed by atoms with Gasteiger partial charge in [0, 0.05) is 24.5 Å². The van der Waals surface area contributed by atoms with Gasteiger partial charge in [-0.3, -0.25) is 9.69 Å². The second-order valence-electron chi connectivity index (χ2n) is 7.33. The van der Waals surface area contributed by atoms with E-state index in [-0.39, 0.29) is 11.9 Å². The van der Waals surface area contributed by atoms with Crippen LogP contribution < -0.4 is 15.4 Å². The van der Waals surface area contributed by atoms with Gasteiger partial charge in [0.25, 0.3) is 0 Å². The quantitative estimate of drug-likeness (QED) is 0.715. The molecule has 26 heavy (non-hydrogen) atoms. The van der Waals surface area contributed by atoms with Crippen LogP contribution in [-0.4, -0.2) is 56.4 Å². The second kappa shape index (κ2) is 9.62. The normalized spacial score (nSPS) is 23.8. The van der Waals surface area contributed by atoms with E-state index in [1.54, 1.807) is 18.9 Å². The minimum absolute atomic E-state index is 0.0251. The van der Waals surface area contributed by atoms with Crippen molar-refractivity contribution in [3.8, 4) is 5.75 Å². The summed E-state index contributed by atoms with van der Waals surface area (Å²) in [6.07, 6.45) is 6.54. The summed E-state index contributed by atoms with van der Waals surface area (Å²) in [7, 11) is 1.73. The molecule has 2 aliphatic heterocycles. The lowest BCUT2D eigenvalue weighted by molar-refractivity contribution is -0.123. The van der Waals surface area contributed by atoms with Gasteiger partial charge in [-0.1, -0.05) is 6.07 Å². The first kappa shape index (κ1) is 19.5. The van der Waals surface area contributed by atoms with Crippen LogP contribution >= 0.6 is 11.8 Å². The monoisotopic (exact) mass is 377 g/mol. The van der Waals surface area contributed by atoms with Crippen LogP contribution in [0.1, 0.15) is 31.2 Å². The molecule has 0 radical (unpaired) electrons. The van der Waals surface area contributed by atoms with E-state index in [0.29, 0.717) is 5.92 Å². The smallest absolute Gasteiger partial charge is 0.237 e. The van der Waals surface area contributed by atoms with Crippen molar-refractivity contribution in [1.29, 1.82) is 0 Å². The summed E-state index contributed by atoms with van der Waals surface area (Å²) in [6, 6.07) is 6.53. The molecule has 2 atom stereocenters. The fourth-order valence-corrected chi connectivity index (χ4v) is 4.52. The zero-order valence-corrected chi connectivity index (χ0v) is 16.7. The Bertz CT molecular complexity index is 605. The van der Waals surface area contributed by atoms with E-state index in [1.807, 2.05) is 0 Å². The summed E-state index contributed by atoms with van der Waals surface area (Å²) >= 11 is 1.71. The molecule has 2 fully saturated rings. The van der Waals surface area contributed by atoms with E-state index in [1.165, 1.54) is 23.3 Å². The third kappa shape index (κ3) is 5.15. The molecular formula is C20H31N3O2S. The topological polar surface area (TPSA) is 53.6 Å². The fourth-order valence-electron chi connectivity index (χ4n) is 3.98. The van der Waals surface area contributed by atoms with Crippen LogP contribution in [0.3, 0.4) is 0 Å². The standard InChI is InChI=1S/C20H31N3O2S/c1-25-18-11-15(7-8-19(18)26-2)13-23-10-4-5-16(14-23)12-22-20(24)17-6-3-9-21-17/h7-8,11,16-17,21H,3-6,9-10,12-14H2,1-2H3,(H,22,24). The van der Waals surface area contributed by atoms with Crippen LogP contribution in [0, 0.1) is 5.92 Å². The molecule has 3 rings (SSSR count). The Morgan fingerprint density at radius 1 is 1.38 bits per heavy atom. The first-order chi connectivity index (χ1) is 12.7. The number of benzene rings is 1. The molecule has 2 aliphatic rings. The Labute approximate surface area is 161 Å². The van der Waals surface area contributed by atoms with Crippen LogP contribution in [0.2, 0.25) is 0 Å². The average molecular weight is 378 g/mol. The molecule has 1 aromatic rings. The second-order valence-corrected chi connectivity index (χ2v) is 8.17. The number of hydrogen-bond acceptors (Lipinski definition) is 5. The molecule has 0 saturated carbocycles. The van der Waals surface area contributed by atoms with E-state index in [9.17, 15) is 4.79 Å². The first-order valence-electron chi connectivity index (χ1n) is 9.64. The van der Waals surface area contributed by atoms with Gasteiger partial charge < -0.3 is 15.4 Å². The molecule has 2 heterocycles. The molecule has 144 valence electrons. The number of likely N-dealkylation sites (tertiary alicyclic amines) is 1. The molecule has 2 saturated heterocycles. The summed E-state index contributed by atoms with van der Waals surface area (Å²) in [5, 5.41) is 6.43. The summed E-state index contributed by atoms with van der Waals surface area (Å²) in [5.74, 6) is 1.68. The molecule has 0 bridgehead atoms. The number of thioether (sulfide) groups is 1. The number of piperidine rings is 1. The number of rotatable bonds is 7. The molecule has 0 aliphatic carbocycles. The maximum atomic E-state index is 12.2. The van der Waals surface area contributed by atoms with Crippen molar-refractivity contribution in [3.05, 3.63) is 23.8 Å². The average Bonchev–Trinajstić information content (AvgIpc) is 3.21. The first-order valence-corrected chi connectivity index (χ1v) is 10.9. The minimum Gasteiger partial charge on any atom is -0.496 e. The number of ether oxygens (including phenoxy) is 1. The molecule has 0 spiro atoms. The SMILES string of the molecule is COc1cc(CN2CCCC(CNC(=O)C3CCCN3)C2)ccc1SC. The highest BCUT2D eigenvalue weighted by Gasteiger charge is 2.24. The number of hydrogen-bond donors (Lipinski definition) is 2. The van der Waals surface area contributed by atoms with E-state index in [2.05, 4.69) is 40.0 Å². The Balaban J connectivity index is 1.49. The van der Waals surface area contributed by atoms with Crippen LogP contribution in [-0.2, 0) is 11.3 Å². The van der Waals surface area contributed by atoms with Crippen molar-refractivity contribution >= 4 is 17.7 Å². The van der Waals surface area contributed by atoms with Crippen molar-refractivity contribution in [2.24, 2.45) is 5.92 Å². The van der Waals surface area contributed by atoms with Crippen molar-refractivity contribution in [2.45, 2.75) is 43.2 Å². The zero-order chi connectivity index (χ0) is 18.4. The van der Waals surface area contributed by atoms with Crippen molar-refractivity contribution in [3.63, 3.8) is 0 Å². The number of nitrogens with one attached hydrogen (secondary N) is 2. The lowest BCUT2D eigenvalue weighted by Crippen LogP contribution is -2.45. The lowest BCUT2D eigenvalue weighted by Gasteiger charge is -2.33. The molecule has 1 amide bonds. The molecule has 2 N–H and O–H groups in total. The number of carbonyl (C=O) groups is 1. The van der Waals surface area contributed by atoms with Crippen LogP contribution in [0.5, 0.6) is 5.75 Å². The van der Waals surface area contributed by atoms with Gasteiger partial charge in [-0.05, 0) is 68.6 Å². The van der Waals surface area contributed by atoms with E-state index in [4.69, 9.17) is 4.74 Å². The third-order valence-electron chi connectivity index (χ3n) is 5.40. The van der Waals surface area contributed by atoms with Gasteiger partial charge in [-0.25, -0.2) is 0 Å². The Morgan fingerprint density at radius 2 is 2.27 bits per heavy atom. The zero-order valence-electron chi connectivity index (χ0n) is 15.9. The van der Waals surface area contributed by atoms with Gasteiger partial charge in [0.05, 0.1) is 13.2 Å². The maximum absolute atomic E-state index is 12.2. The number of methoxy groups -OCH3 is 1. The van der Waals surface area contributed by atoms with Crippen molar-refractivity contribution < 1.29 is 9.53 Å². The molecule has 2 unspecified atom stereocenters. The summed E-state index contributed by atoms with van der Waals surface area (Å²) in [6.45, 7) is 4.88. The number of amides is 1. The Morgan fingerprint density at radius 3 is 3.00 bits per heavy atom. The molecule has 5 nitrogen and oxygen atoms in total. The minimum atomic E-state index is 0.0251. The molecular weight excluding hydrogens is 346 g/mol. The highest BCUT2D eigenvalue weighted by atomic mass is 32.2. The van der Waals surface area contributed by atoms with E-state index >= 15 is 0 Å². The molecule has 6 heteroatoms. The predicted octanol–water partition coefficient (Wildman–Crippen LogP) is 2.50. The predicted molar refractivity (Wildman–Crippen MR) is 107 cm³/mol.